The summed E-state index contributed by atoms with van der Waals surface area (Å²) in [6.07, 6.45) is 2.41. The number of para-hydroxylation sites is 1. The Balaban J connectivity index is 1.06. The van der Waals surface area contributed by atoms with E-state index in [4.69, 9.17) is 4.74 Å². The monoisotopic (exact) mass is 770 g/mol. The lowest BCUT2D eigenvalue weighted by Gasteiger charge is -2.44. The first-order chi connectivity index (χ1) is 28.3. The quantitative estimate of drug-likeness (QED) is 0.0958. The van der Waals surface area contributed by atoms with Crippen molar-refractivity contribution in [2.75, 3.05) is 23.0 Å². The van der Waals surface area contributed by atoms with Gasteiger partial charge in [-0.2, -0.15) is 0 Å². The molecule has 0 bridgehead atoms. The fraction of sp³-hybridized carbons (Fsp3) is 0.208. The summed E-state index contributed by atoms with van der Waals surface area (Å²) in [6.45, 7) is -0.225. The second-order valence-electron chi connectivity index (χ2n) is 15.1. The Kier molecular flexibility index (Phi) is 9.49. The third kappa shape index (κ3) is 6.08. The van der Waals surface area contributed by atoms with E-state index in [9.17, 15) is 33.9 Å². The van der Waals surface area contributed by atoms with Gasteiger partial charge in [-0.05, 0) is 73.4 Å². The molecule has 0 unspecified atom stereocenters. The van der Waals surface area contributed by atoms with Gasteiger partial charge in [-0.15, -0.1) is 0 Å². The van der Waals surface area contributed by atoms with Crippen LogP contribution >= 0.6 is 0 Å². The van der Waals surface area contributed by atoms with Gasteiger partial charge in [0.25, 0.3) is 0 Å². The molecule has 5 aromatic rings. The fourth-order valence-electron chi connectivity index (χ4n) is 9.51. The summed E-state index contributed by atoms with van der Waals surface area (Å²) in [6, 6.07) is 37.8. The molecule has 58 heavy (non-hydrogen) atoms. The molecule has 9 rings (SSSR count). The SMILES string of the molecule is O=C(c1ccccc1)c1ccc(N2C(=O)[C@H]3[C@H](CC=C4[C@H]3C[C@H]3C(=O)N(c5ccc(C(=O)c6ccccc6)cc5)C(=O)[C@H]3[C@H]4c3ccccc3OCCO)C2=O)cc1. The van der Waals surface area contributed by atoms with E-state index < -0.39 is 47.3 Å². The number of anilines is 2. The van der Waals surface area contributed by atoms with Crippen molar-refractivity contribution in [1.29, 1.82) is 0 Å². The number of nitrogens with zero attached hydrogens (tertiary/aromatic N) is 2. The largest absolute Gasteiger partial charge is 0.491 e. The van der Waals surface area contributed by atoms with E-state index >= 15 is 0 Å². The third-order valence-corrected chi connectivity index (χ3v) is 12.1. The van der Waals surface area contributed by atoms with Gasteiger partial charge in [0.15, 0.2) is 11.6 Å². The van der Waals surface area contributed by atoms with E-state index in [2.05, 4.69) is 0 Å². The van der Waals surface area contributed by atoms with Crippen molar-refractivity contribution >= 4 is 46.6 Å². The maximum atomic E-state index is 14.7. The summed E-state index contributed by atoms with van der Waals surface area (Å²) in [5.41, 5.74) is 4.02. The zero-order chi connectivity index (χ0) is 40.1. The molecule has 5 aromatic carbocycles. The van der Waals surface area contributed by atoms with E-state index in [1.54, 1.807) is 109 Å². The lowest BCUT2D eigenvalue weighted by molar-refractivity contribution is -0.126. The lowest BCUT2D eigenvalue weighted by atomic mass is 9.57. The fourth-order valence-corrected chi connectivity index (χ4v) is 9.51. The normalized spacial score (nSPS) is 23.6. The van der Waals surface area contributed by atoms with Crippen LogP contribution < -0.4 is 14.5 Å². The number of imide groups is 2. The Labute approximate surface area is 334 Å². The number of aliphatic hydroxyl groups excluding tert-OH is 1. The Bertz CT molecular complexity index is 2500. The topological polar surface area (TPSA) is 138 Å². The third-order valence-electron chi connectivity index (χ3n) is 12.1. The van der Waals surface area contributed by atoms with Gasteiger partial charge in [0, 0.05) is 33.7 Å². The summed E-state index contributed by atoms with van der Waals surface area (Å²) in [7, 11) is 0. The average Bonchev–Trinajstić information content (AvgIpc) is 3.68. The number of allylic oxidation sites excluding steroid dienone is 2. The summed E-state index contributed by atoms with van der Waals surface area (Å²) in [5.74, 6) is -5.80. The van der Waals surface area contributed by atoms with Gasteiger partial charge >= 0.3 is 0 Å². The van der Waals surface area contributed by atoms with Crippen LogP contribution in [-0.2, 0) is 19.2 Å². The molecule has 3 fully saturated rings. The summed E-state index contributed by atoms with van der Waals surface area (Å²) >= 11 is 0. The highest BCUT2D eigenvalue weighted by Gasteiger charge is 2.62. The lowest BCUT2D eigenvalue weighted by Crippen LogP contribution is -2.43. The van der Waals surface area contributed by atoms with Gasteiger partial charge in [-0.25, -0.2) is 0 Å². The smallest absolute Gasteiger partial charge is 0.238 e. The highest BCUT2D eigenvalue weighted by molar-refractivity contribution is 6.24. The number of carbonyl (C=O) groups excluding carboxylic acids is 6. The molecule has 10 heteroatoms. The van der Waals surface area contributed by atoms with Gasteiger partial charge in [0.05, 0.1) is 41.7 Å². The minimum absolute atomic E-state index is 0.00966. The molecule has 4 aliphatic rings. The minimum Gasteiger partial charge on any atom is -0.491 e. The number of amides is 4. The van der Waals surface area contributed by atoms with Crippen molar-refractivity contribution in [3.63, 3.8) is 0 Å². The number of ether oxygens (including phenoxy) is 1. The maximum absolute atomic E-state index is 14.7. The van der Waals surface area contributed by atoms with Crippen LogP contribution in [0.15, 0.2) is 145 Å². The summed E-state index contributed by atoms with van der Waals surface area (Å²) in [4.78, 5) is 86.7. The number of hydrogen-bond donors (Lipinski definition) is 1. The maximum Gasteiger partial charge on any atom is 0.238 e. The van der Waals surface area contributed by atoms with Crippen molar-refractivity contribution in [3.8, 4) is 5.75 Å². The van der Waals surface area contributed by atoms with Crippen molar-refractivity contribution in [2.24, 2.45) is 29.6 Å². The van der Waals surface area contributed by atoms with E-state index in [0.29, 0.717) is 44.9 Å². The van der Waals surface area contributed by atoms with Crippen LogP contribution in [0.5, 0.6) is 5.75 Å². The van der Waals surface area contributed by atoms with Crippen molar-refractivity contribution in [1.82, 2.24) is 0 Å². The van der Waals surface area contributed by atoms with E-state index in [1.807, 2.05) is 30.3 Å². The van der Waals surface area contributed by atoms with Crippen LogP contribution in [-0.4, -0.2) is 53.5 Å². The van der Waals surface area contributed by atoms with Gasteiger partial charge in [0.2, 0.25) is 23.6 Å². The van der Waals surface area contributed by atoms with Crippen LogP contribution in [0.3, 0.4) is 0 Å². The highest BCUT2D eigenvalue weighted by Crippen LogP contribution is 2.59. The Hall–Kier alpha value is -6.78. The number of carbonyl (C=O) groups is 6. The van der Waals surface area contributed by atoms with Crippen molar-refractivity contribution < 1.29 is 38.6 Å². The van der Waals surface area contributed by atoms with Crippen molar-refractivity contribution in [3.05, 3.63) is 173 Å². The van der Waals surface area contributed by atoms with Crippen molar-refractivity contribution in [2.45, 2.75) is 18.8 Å². The molecular weight excluding hydrogens is 733 g/mol. The Morgan fingerprint density at radius 3 is 1.59 bits per heavy atom. The molecule has 4 amide bonds. The molecule has 2 aliphatic heterocycles. The average molecular weight is 771 g/mol. The number of benzene rings is 5. The van der Waals surface area contributed by atoms with Gasteiger partial charge in [-0.1, -0.05) is 90.5 Å². The highest BCUT2D eigenvalue weighted by atomic mass is 16.5. The van der Waals surface area contributed by atoms with Crippen LogP contribution in [0.4, 0.5) is 11.4 Å². The van der Waals surface area contributed by atoms with Crippen LogP contribution in [0.25, 0.3) is 0 Å². The molecular formula is C48H38N2O8. The molecule has 6 atom stereocenters. The molecule has 0 aromatic heterocycles. The number of aliphatic hydroxyl groups is 1. The van der Waals surface area contributed by atoms with Gasteiger partial charge < -0.3 is 9.84 Å². The van der Waals surface area contributed by atoms with Gasteiger partial charge in [0.1, 0.15) is 12.4 Å². The molecule has 10 nitrogen and oxygen atoms in total. The number of rotatable bonds is 10. The first kappa shape index (κ1) is 36.8. The first-order valence-corrected chi connectivity index (χ1v) is 19.4. The number of fused-ring (bicyclic) bond motifs is 4. The molecule has 0 spiro atoms. The van der Waals surface area contributed by atoms with E-state index in [1.165, 1.54) is 9.80 Å². The second-order valence-corrected chi connectivity index (χ2v) is 15.1. The zero-order valence-electron chi connectivity index (χ0n) is 31.3. The van der Waals surface area contributed by atoms with E-state index in [0.717, 1.165) is 5.57 Å². The van der Waals surface area contributed by atoms with Crippen LogP contribution in [0.1, 0.15) is 56.2 Å². The molecule has 1 saturated carbocycles. The molecule has 1 N–H and O–H groups in total. The van der Waals surface area contributed by atoms with Gasteiger partial charge in [-0.3, -0.25) is 38.6 Å². The molecule has 0 radical (unpaired) electrons. The second kappa shape index (κ2) is 14.9. The Morgan fingerprint density at radius 2 is 1.03 bits per heavy atom. The number of hydrogen-bond acceptors (Lipinski definition) is 8. The number of ketones is 2. The Morgan fingerprint density at radius 1 is 0.552 bits per heavy atom. The minimum atomic E-state index is -0.839. The zero-order valence-corrected chi connectivity index (χ0v) is 31.3. The molecule has 2 saturated heterocycles. The predicted molar refractivity (Wildman–Crippen MR) is 214 cm³/mol. The molecule has 288 valence electrons. The standard InChI is InChI=1S/C48H38N2O8/c51-25-26-58-39-14-8-7-13-35(39)40-34-23-24-36-41(47(56)49(45(36)54)32-19-15-30(16-20-32)43(52)28-9-3-1-4-10-28)37(34)27-38-42(40)48(57)50(46(38)55)33-21-17-31(18-22-33)44(53)29-11-5-2-6-12-29/h1-23,36-38,40-42,51H,24-27H2/t36-,37+,38+,40+,41-,42+/m0/s1. The summed E-state index contributed by atoms with van der Waals surface area (Å²) in [5, 5.41) is 9.64. The summed E-state index contributed by atoms with van der Waals surface area (Å²) < 4.78 is 6.00. The first-order valence-electron chi connectivity index (χ1n) is 19.4. The molecule has 2 aliphatic carbocycles. The van der Waals surface area contributed by atoms with Crippen LogP contribution in [0.2, 0.25) is 0 Å². The predicted octanol–water partition coefficient (Wildman–Crippen LogP) is 6.56. The van der Waals surface area contributed by atoms with Crippen LogP contribution in [0, 0.1) is 29.6 Å². The van der Waals surface area contributed by atoms with E-state index in [-0.39, 0.29) is 49.4 Å². The molecule has 2 heterocycles.